The Kier molecular flexibility index (Phi) is 5.71. The van der Waals surface area contributed by atoms with Crippen molar-refractivity contribution >= 4 is 5.91 Å². The minimum absolute atomic E-state index is 0.141. The number of ether oxygens (including phenoxy) is 2. The van der Waals surface area contributed by atoms with Crippen molar-refractivity contribution in [2.75, 3.05) is 14.2 Å². The molecule has 0 unspecified atom stereocenters. The third kappa shape index (κ3) is 4.25. The number of para-hydroxylation sites is 2. The van der Waals surface area contributed by atoms with E-state index in [2.05, 4.69) is 10.1 Å². The maximum Gasteiger partial charge on any atom is 0.276 e. The quantitative estimate of drug-likeness (QED) is 0.636. The van der Waals surface area contributed by atoms with E-state index in [0.717, 1.165) is 5.56 Å². The average Bonchev–Trinajstić information content (AvgIpc) is 3.20. The van der Waals surface area contributed by atoms with Gasteiger partial charge < -0.3 is 18.9 Å². The SMILES string of the molecule is COc1ccccc1OCc1cc(C(=O)N(C)[C@@H](C)c2cccnc2)no1. The van der Waals surface area contributed by atoms with Crippen LogP contribution in [0.2, 0.25) is 0 Å². The standard InChI is InChI=1S/C20H21N3O4/c1-14(15-7-6-10-21-12-15)23(2)20(24)17-11-16(27-22-17)13-26-19-9-5-4-8-18(19)25-3/h4-12,14H,13H2,1-3H3/t14-/m0/s1. The minimum atomic E-state index is -0.237. The predicted molar refractivity (Wildman–Crippen MR) is 98.6 cm³/mol. The molecule has 0 spiro atoms. The highest BCUT2D eigenvalue weighted by Crippen LogP contribution is 2.27. The Bertz CT molecular complexity index is 895. The number of rotatable bonds is 7. The first-order valence-corrected chi connectivity index (χ1v) is 8.48. The van der Waals surface area contributed by atoms with E-state index in [-0.39, 0.29) is 24.2 Å². The first kappa shape index (κ1) is 18.4. The second-order valence-corrected chi connectivity index (χ2v) is 6.00. The molecule has 0 N–H and O–H groups in total. The Balaban J connectivity index is 1.65. The molecule has 140 valence electrons. The molecule has 1 atom stereocenters. The van der Waals surface area contributed by atoms with Gasteiger partial charge in [0.15, 0.2) is 23.0 Å². The van der Waals surface area contributed by atoms with Crippen molar-refractivity contribution < 1.29 is 18.8 Å². The Morgan fingerprint density at radius 2 is 2.00 bits per heavy atom. The van der Waals surface area contributed by atoms with Crippen LogP contribution in [0.1, 0.15) is 34.8 Å². The molecule has 1 amide bonds. The van der Waals surface area contributed by atoms with Gasteiger partial charge in [0, 0.05) is 25.5 Å². The maximum absolute atomic E-state index is 12.7. The van der Waals surface area contributed by atoms with Gasteiger partial charge in [-0.2, -0.15) is 0 Å². The van der Waals surface area contributed by atoms with Crippen LogP contribution < -0.4 is 9.47 Å². The van der Waals surface area contributed by atoms with Crippen molar-refractivity contribution in [1.29, 1.82) is 0 Å². The van der Waals surface area contributed by atoms with Crippen molar-refractivity contribution in [1.82, 2.24) is 15.0 Å². The van der Waals surface area contributed by atoms with E-state index >= 15 is 0 Å². The molecule has 2 heterocycles. The highest BCUT2D eigenvalue weighted by molar-refractivity contribution is 5.92. The van der Waals surface area contributed by atoms with Gasteiger partial charge in [0.1, 0.15) is 6.61 Å². The summed E-state index contributed by atoms with van der Waals surface area (Å²) in [5.41, 5.74) is 1.17. The predicted octanol–water partition coefficient (Wildman–Crippen LogP) is 3.49. The number of hydrogen-bond donors (Lipinski definition) is 0. The molecule has 0 radical (unpaired) electrons. The van der Waals surface area contributed by atoms with E-state index < -0.39 is 0 Å². The number of methoxy groups -OCH3 is 1. The van der Waals surface area contributed by atoms with E-state index in [1.165, 1.54) is 0 Å². The van der Waals surface area contributed by atoms with Crippen molar-refractivity contribution in [3.05, 3.63) is 71.9 Å². The van der Waals surface area contributed by atoms with Crippen molar-refractivity contribution in [2.24, 2.45) is 0 Å². The zero-order valence-corrected chi connectivity index (χ0v) is 15.5. The van der Waals surface area contributed by atoms with Crippen LogP contribution in [0.5, 0.6) is 11.5 Å². The number of aromatic nitrogens is 2. The molecule has 27 heavy (non-hydrogen) atoms. The fourth-order valence-corrected chi connectivity index (χ4v) is 2.57. The Labute approximate surface area is 157 Å². The Morgan fingerprint density at radius 1 is 1.22 bits per heavy atom. The number of benzene rings is 1. The van der Waals surface area contributed by atoms with Crippen LogP contribution in [0.3, 0.4) is 0 Å². The van der Waals surface area contributed by atoms with Crippen LogP contribution in [0.25, 0.3) is 0 Å². The van der Waals surface area contributed by atoms with E-state index in [1.807, 2.05) is 31.2 Å². The van der Waals surface area contributed by atoms with E-state index in [4.69, 9.17) is 14.0 Å². The van der Waals surface area contributed by atoms with Crippen molar-refractivity contribution in [3.63, 3.8) is 0 Å². The second-order valence-electron chi connectivity index (χ2n) is 6.00. The topological polar surface area (TPSA) is 77.7 Å². The highest BCUT2D eigenvalue weighted by atomic mass is 16.5. The van der Waals surface area contributed by atoms with Gasteiger partial charge in [0.05, 0.1) is 13.2 Å². The summed E-state index contributed by atoms with van der Waals surface area (Å²) >= 11 is 0. The summed E-state index contributed by atoms with van der Waals surface area (Å²) in [6.45, 7) is 2.07. The fraction of sp³-hybridized carbons (Fsp3) is 0.250. The average molecular weight is 367 g/mol. The van der Waals surface area contributed by atoms with Crippen molar-refractivity contribution in [2.45, 2.75) is 19.6 Å². The minimum Gasteiger partial charge on any atom is -0.493 e. The number of amides is 1. The van der Waals surface area contributed by atoms with E-state index in [1.54, 1.807) is 49.7 Å². The second kappa shape index (κ2) is 8.35. The van der Waals surface area contributed by atoms with Gasteiger partial charge in [-0.05, 0) is 30.7 Å². The Morgan fingerprint density at radius 3 is 2.70 bits per heavy atom. The van der Waals surface area contributed by atoms with Gasteiger partial charge in [0.2, 0.25) is 0 Å². The lowest BCUT2D eigenvalue weighted by Gasteiger charge is -2.24. The van der Waals surface area contributed by atoms with E-state index in [0.29, 0.717) is 17.3 Å². The van der Waals surface area contributed by atoms with E-state index in [9.17, 15) is 4.79 Å². The molecule has 0 aliphatic rings. The molecule has 3 aromatic rings. The lowest BCUT2D eigenvalue weighted by molar-refractivity contribution is 0.0731. The summed E-state index contributed by atoms with van der Waals surface area (Å²) in [5.74, 6) is 1.43. The van der Waals surface area contributed by atoms with Gasteiger partial charge >= 0.3 is 0 Å². The number of carbonyl (C=O) groups excluding carboxylic acids is 1. The third-order valence-electron chi connectivity index (χ3n) is 4.29. The molecule has 7 heteroatoms. The molecule has 0 fully saturated rings. The zero-order valence-electron chi connectivity index (χ0n) is 15.5. The fourth-order valence-electron chi connectivity index (χ4n) is 2.57. The smallest absolute Gasteiger partial charge is 0.276 e. The molecule has 0 bridgehead atoms. The maximum atomic E-state index is 12.7. The molecule has 0 aliphatic carbocycles. The third-order valence-corrected chi connectivity index (χ3v) is 4.29. The monoisotopic (exact) mass is 367 g/mol. The Hall–Kier alpha value is -3.35. The van der Waals surface area contributed by atoms with Gasteiger partial charge in [-0.3, -0.25) is 9.78 Å². The first-order valence-electron chi connectivity index (χ1n) is 8.48. The zero-order chi connectivity index (χ0) is 19.2. The first-order chi connectivity index (χ1) is 13.1. The molecule has 3 rings (SSSR count). The van der Waals surface area contributed by atoms with Crippen LogP contribution in [-0.2, 0) is 6.61 Å². The number of carbonyl (C=O) groups is 1. The molecule has 0 aliphatic heterocycles. The molecular formula is C20H21N3O4. The molecule has 0 saturated carbocycles. The summed E-state index contributed by atoms with van der Waals surface area (Å²) in [7, 11) is 3.30. The highest BCUT2D eigenvalue weighted by Gasteiger charge is 2.22. The van der Waals surface area contributed by atoms with Gasteiger partial charge in [0.25, 0.3) is 5.91 Å². The largest absolute Gasteiger partial charge is 0.493 e. The molecule has 2 aromatic heterocycles. The number of pyridine rings is 1. The van der Waals surface area contributed by atoms with Crippen LogP contribution in [0.4, 0.5) is 0 Å². The van der Waals surface area contributed by atoms with Crippen LogP contribution in [-0.4, -0.2) is 35.1 Å². The molecule has 0 saturated heterocycles. The number of nitrogens with zero attached hydrogens (tertiary/aromatic N) is 3. The van der Waals surface area contributed by atoms with Crippen molar-refractivity contribution in [3.8, 4) is 11.5 Å². The molecule has 7 nitrogen and oxygen atoms in total. The summed E-state index contributed by atoms with van der Waals surface area (Å²) in [4.78, 5) is 18.4. The normalized spacial score (nSPS) is 11.7. The van der Waals surface area contributed by atoms with Crippen LogP contribution in [0, 0.1) is 0 Å². The van der Waals surface area contributed by atoms with Gasteiger partial charge in [-0.15, -0.1) is 0 Å². The summed E-state index contributed by atoms with van der Waals surface area (Å²) in [6.07, 6.45) is 3.44. The van der Waals surface area contributed by atoms with Gasteiger partial charge in [-0.25, -0.2) is 0 Å². The molecule has 1 aromatic carbocycles. The van der Waals surface area contributed by atoms with Crippen LogP contribution >= 0.6 is 0 Å². The lowest BCUT2D eigenvalue weighted by Crippen LogP contribution is -2.29. The summed E-state index contributed by atoms with van der Waals surface area (Å²) < 4.78 is 16.2. The van der Waals surface area contributed by atoms with Gasteiger partial charge in [-0.1, -0.05) is 23.4 Å². The van der Waals surface area contributed by atoms with Crippen LogP contribution in [0.15, 0.2) is 59.4 Å². The number of hydrogen-bond acceptors (Lipinski definition) is 6. The molecular weight excluding hydrogens is 346 g/mol. The summed E-state index contributed by atoms with van der Waals surface area (Å²) in [6, 6.07) is 12.5. The summed E-state index contributed by atoms with van der Waals surface area (Å²) in [5, 5.41) is 3.88. The lowest BCUT2D eigenvalue weighted by atomic mass is 10.1.